The number of aromatic nitrogens is 1. The van der Waals surface area contributed by atoms with Crippen molar-refractivity contribution in [3.63, 3.8) is 0 Å². The van der Waals surface area contributed by atoms with E-state index < -0.39 is 0 Å². The summed E-state index contributed by atoms with van der Waals surface area (Å²) >= 11 is 0. The molecule has 1 amide bonds. The quantitative estimate of drug-likeness (QED) is 0.850. The summed E-state index contributed by atoms with van der Waals surface area (Å²) in [6, 6.07) is 10.1. The monoisotopic (exact) mass is 270 g/mol. The molecule has 20 heavy (non-hydrogen) atoms. The van der Waals surface area contributed by atoms with Crippen LogP contribution in [0.4, 0.5) is 0 Å². The maximum absolute atomic E-state index is 12.4. The molecular formula is C17H22N2O. The lowest BCUT2D eigenvalue weighted by Crippen LogP contribution is -2.37. The second kappa shape index (κ2) is 5.61. The van der Waals surface area contributed by atoms with Crippen LogP contribution < -0.4 is 0 Å². The molecule has 2 aromatic rings. The fourth-order valence-corrected chi connectivity index (χ4v) is 2.22. The highest BCUT2D eigenvalue weighted by molar-refractivity contribution is 5.82. The van der Waals surface area contributed by atoms with Crippen LogP contribution >= 0.6 is 0 Å². The van der Waals surface area contributed by atoms with Crippen molar-refractivity contribution < 1.29 is 4.79 Å². The molecule has 0 bridgehead atoms. The zero-order valence-electron chi connectivity index (χ0n) is 12.7. The molecule has 1 heterocycles. The summed E-state index contributed by atoms with van der Waals surface area (Å²) in [5, 5.41) is 1.11. The highest BCUT2D eigenvalue weighted by atomic mass is 16.2. The Balaban J connectivity index is 2.17. The van der Waals surface area contributed by atoms with Gasteiger partial charge in [0.2, 0.25) is 5.91 Å². The first-order chi connectivity index (χ1) is 9.44. The molecule has 0 saturated carbocycles. The van der Waals surface area contributed by atoms with Gasteiger partial charge in [0, 0.05) is 30.6 Å². The van der Waals surface area contributed by atoms with Crippen LogP contribution in [0.2, 0.25) is 0 Å². The van der Waals surface area contributed by atoms with Gasteiger partial charge in [-0.25, -0.2) is 0 Å². The van der Waals surface area contributed by atoms with E-state index >= 15 is 0 Å². The number of nitrogens with zero attached hydrogens (tertiary/aromatic N) is 2. The van der Waals surface area contributed by atoms with E-state index in [1.54, 1.807) is 4.90 Å². The van der Waals surface area contributed by atoms with E-state index in [-0.39, 0.29) is 11.3 Å². The van der Waals surface area contributed by atoms with E-state index in [1.807, 2.05) is 58.3 Å². The lowest BCUT2D eigenvalue weighted by molar-refractivity contribution is -0.139. The van der Waals surface area contributed by atoms with Gasteiger partial charge in [0.15, 0.2) is 0 Å². The van der Waals surface area contributed by atoms with Crippen molar-refractivity contribution in [2.75, 3.05) is 7.05 Å². The molecule has 0 aliphatic carbocycles. The normalized spacial score (nSPS) is 11.6. The van der Waals surface area contributed by atoms with Gasteiger partial charge in [0.05, 0.1) is 5.52 Å². The van der Waals surface area contributed by atoms with Crippen LogP contribution in [0.1, 0.15) is 32.8 Å². The molecule has 0 aliphatic heterocycles. The zero-order valence-corrected chi connectivity index (χ0v) is 12.7. The van der Waals surface area contributed by atoms with Crippen molar-refractivity contribution >= 4 is 16.8 Å². The molecule has 0 saturated heterocycles. The molecule has 2 rings (SSSR count). The summed E-state index contributed by atoms with van der Waals surface area (Å²) in [6.45, 7) is 6.62. The average molecular weight is 270 g/mol. The van der Waals surface area contributed by atoms with Gasteiger partial charge in [-0.1, -0.05) is 39.0 Å². The van der Waals surface area contributed by atoms with E-state index in [1.165, 1.54) is 0 Å². The highest BCUT2D eigenvalue weighted by Crippen LogP contribution is 2.23. The molecule has 3 heteroatoms. The third kappa shape index (κ3) is 2.98. The number of carbonyl (C=O) groups excluding carboxylic acids is 1. The van der Waals surface area contributed by atoms with Crippen LogP contribution in [-0.4, -0.2) is 22.8 Å². The van der Waals surface area contributed by atoms with Crippen LogP contribution in [0.15, 0.2) is 36.5 Å². The minimum absolute atomic E-state index is 0.174. The summed E-state index contributed by atoms with van der Waals surface area (Å²) in [4.78, 5) is 18.6. The number of hydrogen-bond acceptors (Lipinski definition) is 2. The van der Waals surface area contributed by atoms with Crippen molar-refractivity contribution in [1.29, 1.82) is 0 Å². The minimum Gasteiger partial charge on any atom is -0.341 e. The summed E-state index contributed by atoms with van der Waals surface area (Å²) in [7, 11) is 1.86. The molecule has 1 aromatic heterocycles. The predicted octanol–water partition coefficient (Wildman–Crippen LogP) is 3.63. The van der Waals surface area contributed by atoms with Crippen LogP contribution in [0.25, 0.3) is 10.9 Å². The number of para-hydroxylation sites is 1. The van der Waals surface area contributed by atoms with Crippen LogP contribution in [0, 0.1) is 5.41 Å². The molecular weight excluding hydrogens is 248 g/mol. The summed E-state index contributed by atoms with van der Waals surface area (Å²) in [5.74, 6) is 0.174. The van der Waals surface area contributed by atoms with Crippen LogP contribution in [0.3, 0.4) is 0 Å². The van der Waals surface area contributed by atoms with E-state index in [2.05, 4.69) is 11.1 Å². The molecule has 0 atom stereocenters. The predicted molar refractivity (Wildman–Crippen MR) is 82.3 cm³/mol. The Morgan fingerprint density at radius 1 is 1.30 bits per heavy atom. The van der Waals surface area contributed by atoms with Crippen LogP contribution in [0.5, 0.6) is 0 Å². The van der Waals surface area contributed by atoms with Gasteiger partial charge in [0.1, 0.15) is 0 Å². The molecule has 0 spiro atoms. The minimum atomic E-state index is -0.307. The second-order valence-corrected chi connectivity index (χ2v) is 5.93. The molecule has 1 aromatic carbocycles. The number of carbonyl (C=O) groups is 1. The smallest absolute Gasteiger partial charge is 0.228 e. The maximum atomic E-state index is 12.4. The lowest BCUT2D eigenvalue weighted by Gasteiger charge is -2.28. The van der Waals surface area contributed by atoms with Crippen molar-refractivity contribution in [3.05, 3.63) is 42.1 Å². The number of fused-ring (bicyclic) bond motifs is 1. The third-order valence-electron chi connectivity index (χ3n) is 3.88. The van der Waals surface area contributed by atoms with Gasteiger partial charge in [-0.15, -0.1) is 0 Å². The Hall–Kier alpha value is -1.90. The Kier molecular flexibility index (Phi) is 4.07. The van der Waals surface area contributed by atoms with Crippen LogP contribution in [-0.2, 0) is 11.3 Å². The lowest BCUT2D eigenvalue weighted by atomic mass is 9.88. The Morgan fingerprint density at radius 2 is 2.00 bits per heavy atom. The van der Waals surface area contributed by atoms with Gasteiger partial charge in [0.25, 0.3) is 0 Å². The molecule has 3 nitrogen and oxygen atoms in total. The topological polar surface area (TPSA) is 33.2 Å². The second-order valence-electron chi connectivity index (χ2n) is 5.93. The van der Waals surface area contributed by atoms with Gasteiger partial charge in [-0.3, -0.25) is 9.78 Å². The molecule has 0 fully saturated rings. The molecule has 106 valence electrons. The average Bonchev–Trinajstić information content (AvgIpc) is 2.46. The zero-order chi connectivity index (χ0) is 14.8. The van der Waals surface area contributed by atoms with E-state index in [9.17, 15) is 4.79 Å². The highest BCUT2D eigenvalue weighted by Gasteiger charge is 2.28. The van der Waals surface area contributed by atoms with E-state index in [0.29, 0.717) is 6.54 Å². The number of pyridine rings is 1. The van der Waals surface area contributed by atoms with E-state index in [0.717, 1.165) is 22.9 Å². The van der Waals surface area contributed by atoms with Crippen molar-refractivity contribution in [2.24, 2.45) is 5.41 Å². The molecule has 0 radical (unpaired) electrons. The Bertz CT molecular complexity index is 619. The fourth-order valence-electron chi connectivity index (χ4n) is 2.22. The maximum Gasteiger partial charge on any atom is 0.228 e. The summed E-state index contributed by atoms with van der Waals surface area (Å²) < 4.78 is 0. The third-order valence-corrected chi connectivity index (χ3v) is 3.88. The fraction of sp³-hybridized carbons (Fsp3) is 0.412. The standard InChI is InChI=1S/C17H22N2O/c1-5-17(2,3)16(20)19(4)12-13-10-14-8-6-7-9-15(14)18-11-13/h6-11H,5,12H2,1-4H3. The largest absolute Gasteiger partial charge is 0.341 e. The molecule has 0 unspecified atom stereocenters. The van der Waals surface area contributed by atoms with Gasteiger partial charge in [-0.05, 0) is 24.1 Å². The Morgan fingerprint density at radius 3 is 2.70 bits per heavy atom. The van der Waals surface area contributed by atoms with Crippen molar-refractivity contribution in [2.45, 2.75) is 33.7 Å². The number of rotatable bonds is 4. The van der Waals surface area contributed by atoms with Gasteiger partial charge >= 0.3 is 0 Å². The van der Waals surface area contributed by atoms with Gasteiger partial charge < -0.3 is 4.90 Å². The summed E-state index contributed by atoms with van der Waals surface area (Å²) in [5.41, 5.74) is 1.74. The Labute approximate surface area is 120 Å². The first-order valence-corrected chi connectivity index (χ1v) is 7.03. The number of hydrogen-bond donors (Lipinski definition) is 0. The molecule has 0 aliphatic rings. The first kappa shape index (κ1) is 14.5. The van der Waals surface area contributed by atoms with Gasteiger partial charge in [-0.2, -0.15) is 0 Å². The van der Waals surface area contributed by atoms with Crippen molar-refractivity contribution in [3.8, 4) is 0 Å². The number of amides is 1. The first-order valence-electron chi connectivity index (χ1n) is 7.03. The number of benzene rings is 1. The SMILES string of the molecule is CCC(C)(C)C(=O)N(C)Cc1cnc2ccccc2c1. The molecule has 0 N–H and O–H groups in total. The summed E-state index contributed by atoms with van der Waals surface area (Å²) in [6.07, 6.45) is 2.69. The van der Waals surface area contributed by atoms with Crippen molar-refractivity contribution in [1.82, 2.24) is 9.88 Å². The van der Waals surface area contributed by atoms with E-state index in [4.69, 9.17) is 0 Å².